The molecule has 0 amide bonds. The Hall–Kier alpha value is -0.120. The van der Waals surface area contributed by atoms with E-state index in [4.69, 9.17) is 5.73 Å². The summed E-state index contributed by atoms with van der Waals surface area (Å²) in [5.74, 6) is 0.820. The minimum absolute atomic E-state index is 0.373. The molecule has 1 saturated carbocycles. The lowest BCUT2D eigenvalue weighted by Crippen LogP contribution is -2.55. The number of piperidine rings is 1. The molecule has 2 fully saturated rings. The fourth-order valence-corrected chi connectivity index (χ4v) is 4.10. The van der Waals surface area contributed by atoms with Gasteiger partial charge >= 0.3 is 0 Å². The minimum Gasteiger partial charge on any atom is -0.326 e. The van der Waals surface area contributed by atoms with E-state index in [0.717, 1.165) is 12.0 Å². The molecule has 0 spiro atoms. The Kier molecular flexibility index (Phi) is 5.14. The molecule has 0 bridgehead atoms. The maximum atomic E-state index is 6.47. The molecule has 1 aliphatic carbocycles. The molecule has 2 aliphatic rings. The van der Waals surface area contributed by atoms with Crippen molar-refractivity contribution in [2.45, 2.75) is 71.0 Å². The molecule has 2 N–H and O–H groups in total. The largest absolute Gasteiger partial charge is 0.326 e. The number of nitrogens with zero attached hydrogens (tertiary/aromatic N) is 2. The highest BCUT2D eigenvalue weighted by Crippen LogP contribution is 2.39. The van der Waals surface area contributed by atoms with Crippen molar-refractivity contribution in [3.63, 3.8) is 0 Å². The van der Waals surface area contributed by atoms with Gasteiger partial charge in [-0.15, -0.1) is 0 Å². The molecule has 0 aromatic rings. The van der Waals surface area contributed by atoms with Gasteiger partial charge in [-0.1, -0.05) is 20.8 Å². The van der Waals surface area contributed by atoms with Crippen LogP contribution in [0.4, 0.5) is 0 Å². The van der Waals surface area contributed by atoms with Crippen molar-refractivity contribution >= 4 is 0 Å². The van der Waals surface area contributed by atoms with E-state index in [-0.39, 0.29) is 0 Å². The van der Waals surface area contributed by atoms with Crippen LogP contribution in [0.3, 0.4) is 0 Å². The van der Waals surface area contributed by atoms with Gasteiger partial charge in [-0.2, -0.15) is 0 Å². The third-order valence-corrected chi connectivity index (χ3v) is 5.88. The molecular weight excluding hydrogens is 246 g/mol. The summed E-state index contributed by atoms with van der Waals surface area (Å²) in [5, 5.41) is 0. The molecule has 118 valence electrons. The first-order valence-corrected chi connectivity index (χ1v) is 8.45. The third-order valence-electron chi connectivity index (χ3n) is 5.88. The summed E-state index contributed by atoms with van der Waals surface area (Å²) in [6, 6.07) is 1.70. The van der Waals surface area contributed by atoms with Crippen LogP contribution in [-0.2, 0) is 0 Å². The molecule has 3 atom stereocenters. The van der Waals surface area contributed by atoms with Crippen LogP contribution in [0.15, 0.2) is 0 Å². The van der Waals surface area contributed by atoms with E-state index >= 15 is 0 Å². The van der Waals surface area contributed by atoms with Gasteiger partial charge in [-0.25, -0.2) is 0 Å². The molecule has 2 rings (SSSR count). The van der Waals surface area contributed by atoms with Crippen LogP contribution in [0, 0.1) is 11.3 Å². The van der Waals surface area contributed by atoms with Crippen LogP contribution in [0.5, 0.6) is 0 Å². The molecule has 1 saturated heterocycles. The summed E-state index contributed by atoms with van der Waals surface area (Å²) in [5.41, 5.74) is 6.89. The second kappa shape index (κ2) is 6.33. The first-order valence-electron chi connectivity index (χ1n) is 8.45. The lowest BCUT2D eigenvalue weighted by Gasteiger charge is -2.47. The topological polar surface area (TPSA) is 32.5 Å². The van der Waals surface area contributed by atoms with Gasteiger partial charge in [-0.05, 0) is 70.6 Å². The average molecular weight is 281 g/mol. The Morgan fingerprint density at radius 1 is 1.05 bits per heavy atom. The van der Waals surface area contributed by atoms with Crippen LogP contribution in [-0.4, -0.2) is 55.1 Å². The van der Waals surface area contributed by atoms with E-state index in [0.29, 0.717) is 17.5 Å². The summed E-state index contributed by atoms with van der Waals surface area (Å²) in [4.78, 5) is 5.08. The van der Waals surface area contributed by atoms with E-state index in [1.807, 2.05) is 0 Å². The summed E-state index contributed by atoms with van der Waals surface area (Å²) in [6.07, 6.45) is 6.40. The van der Waals surface area contributed by atoms with Crippen molar-refractivity contribution in [1.29, 1.82) is 0 Å². The zero-order valence-electron chi connectivity index (χ0n) is 14.2. The highest BCUT2D eigenvalue weighted by atomic mass is 15.2. The van der Waals surface area contributed by atoms with Crippen LogP contribution in [0.2, 0.25) is 0 Å². The average Bonchev–Trinajstić information content (AvgIpc) is 2.38. The highest BCUT2D eigenvalue weighted by molar-refractivity contribution is 4.94. The molecule has 0 aromatic carbocycles. The normalized spacial score (nSPS) is 34.6. The second-order valence-electron chi connectivity index (χ2n) is 8.31. The third kappa shape index (κ3) is 3.75. The minimum atomic E-state index is 0.373. The zero-order chi connectivity index (χ0) is 14.9. The fourth-order valence-electron chi connectivity index (χ4n) is 4.10. The molecule has 1 heterocycles. The first-order chi connectivity index (χ1) is 9.29. The number of rotatable bonds is 2. The predicted molar refractivity (Wildman–Crippen MR) is 86.8 cm³/mol. The fraction of sp³-hybridized carbons (Fsp3) is 1.00. The Balaban J connectivity index is 1.98. The molecule has 3 nitrogen and oxygen atoms in total. The molecule has 0 aromatic heterocycles. The van der Waals surface area contributed by atoms with Gasteiger partial charge in [0.25, 0.3) is 0 Å². The Morgan fingerprint density at radius 3 is 2.20 bits per heavy atom. The van der Waals surface area contributed by atoms with Crippen LogP contribution < -0.4 is 5.73 Å². The Labute approximate surface area is 125 Å². The van der Waals surface area contributed by atoms with Gasteiger partial charge in [0.1, 0.15) is 0 Å². The molecule has 0 radical (unpaired) electrons. The molecular formula is C17H35N3. The smallest absolute Gasteiger partial charge is 0.0249 e. The Morgan fingerprint density at radius 2 is 1.65 bits per heavy atom. The van der Waals surface area contributed by atoms with Crippen LogP contribution in [0.25, 0.3) is 0 Å². The number of nitrogens with two attached hydrogens (primary N) is 1. The predicted octanol–water partition coefficient (Wildman–Crippen LogP) is 2.55. The maximum absolute atomic E-state index is 6.47. The van der Waals surface area contributed by atoms with Gasteiger partial charge < -0.3 is 10.6 Å². The van der Waals surface area contributed by atoms with Crippen molar-refractivity contribution < 1.29 is 0 Å². The summed E-state index contributed by atoms with van der Waals surface area (Å²) in [6.45, 7) is 9.64. The van der Waals surface area contributed by atoms with E-state index < -0.39 is 0 Å². The number of likely N-dealkylation sites (N-methyl/N-ethyl adjacent to an activating group) is 1. The van der Waals surface area contributed by atoms with Gasteiger partial charge in [0, 0.05) is 18.1 Å². The summed E-state index contributed by atoms with van der Waals surface area (Å²) < 4.78 is 0. The lowest BCUT2D eigenvalue weighted by molar-refractivity contribution is 0.0400. The maximum Gasteiger partial charge on any atom is 0.0249 e. The standard InChI is InChI=1S/C17H35N3/c1-17(2,3)13-6-7-15(18)16(12-13)20(5)14-8-10-19(4)11-9-14/h13-16H,6-12,18H2,1-5H3. The molecule has 3 unspecified atom stereocenters. The van der Waals surface area contributed by atoms with E-state index in [1.165, 1.54) is 45.2 Å². The Bertz CT molecular complexity index is 302. The first kappa shape index (κ1) is 16.3. The van der Waals surface area contributed by atoms with Gasteiger partial charge in [-0.3, -0.25) is 4.90 Å². The van der Waals surface area contributed by atoms with Gasteiger partial charge in [0.15, 0.2) is 0 Å². The quantitative estimate of drug-likeness (QED) is 0.844. The zero-order valence-corrected chi connectivity index (χ0v) is 14.2. The number of hydrogen-bond acceptors (Lipinski definition) is 3. The second-order valence-corrected chi connectivity index (χ2v) is 8.31. The van der Waals surface area contributed by atoms with Crippen molar-refractivity contribution in [3.05, 3.63) is 0 Å². The van der Waals surface area contributed by atoms with Crippen molar-refractivity contribution in [3.8, 4) is 0 Å². The van der Waals surface area contributed by atoms with Gasteiger partial charge in [0.05, 0.1) is 0 Å². The highest BCUT2D eigenvalue weighted by Gasteiger charge is 2.38. The van der Waals surface area contributed by atoms with E-state index in [9.17, 15) is 0 Å². The SMILES string of the molecule is CN1CCC(N(C)C2CC(C(C)(C)C)CCC2N)CC1. The number of likely N-dealkylation sites (tertiary alicyclic amines) is 1. The van der Waals surface area contributed by atoms with Crippen LogP contribution >= 0.6 is 0 Å². The van der Waals surface area contributed by atoms with Crippen LogP contribution in [0.1, 0.15) is 52.9 Å². The lowest BCUT2D eigenvalue weighted by atomic mass is 9.69. The molecule has 3 heteroatoms. The number of hydrogen-bond donors (Lipinski definition) is 1. The summed E-state index contributed by atoms with van der Waals surface area (Å²) in [7, 11) is 4.56. The van der Waals surface area contributed by atoms with E-state index in [1.54, 1.807) is 0 Å². The van der Waals surface area contributed by atoms with Crippen molar-refractivity contribution in [2.24, 2.45) is 17.1 Å². The van der Waals surface area contributed by atoms with Crippen molar-refractivity contribution in [1.82, 2.24) is 9.80 Å². The van der Waals surface area contributed by atoms with E-state index in [2.05, 4.69) is 44.7 Å². The van der Waals surface area contributed by atoms with Crippen molar-refractivity contribution in [2.75, 3.05) is 27.2 Å². The summed E-state index contributed by atoms with van der Waals surface area (Å²) >= 11 is 0. The molecule has 20 heavy (non-hydrogen) atoms. The molecule has 1 aliphatic heterocycles. The monoisotopic (exact) mass is 281 g/mol. The van der Waals surface area contributed by atoms with Gasteiger partial charge in [0.2, 0.25) is 0 Å².